The average molecular weight is 307 g/mol. The third kappa shape index (κ3) is 4.34. The Balaban J connectivity index is 2.02. The predicted molar refractivity (Wildman–Crippen MR) is 80.2 cm³/mol. The molecule has 0 aliphatic rings. The summed E-state index contributed by atoms with van der Waals surface area (Å²) in [5.41, 5.74) is 1.02. The molecular formula is C17H19F2NO2. The molecule has 0 aromatic heterocycles. The van der Waals surface area contributed by atoms with E-state index < -0.39 is 17.7 Å². The van der Waals surface area contributed by atoms with Crippen molar-refractivity contribution in [2.24, 2.45) is 0 Å². The third-order valence-electron chi connectivity index (χ3n) is 3.50. The van der Waals surface area contributed by atoms with E-state index in [0.29, 0.717) is 6.42 Å². The maximum absolute atomic E-state index is 13.6. The number of aliphatic hydroxyl groups excluding tert-OH is 2. The molecule has 118 valence electrons. The fourth-order valence-corrected chi connectivity index (χ4v) is 2.34. The maximum atomic E-state index is 13.6. The van der Waals surface area contributed by atoms with Crippen LogP contribution in [0.25, 0.3) is 0 Å². The number of aliphatic hydroxyl groups is 2. The monoisotopic (exact) mass is 307 g/mol. The van der Waals surface area contributed by atoms with Crippen molar-refractivity contribution in [1.82, 2.24) is 5.32 Å². The van der Waals surface area contributed by atoms with Crippen molar-refractivity contribution in [3.05, 3.63) is 71.3 Å². The van der Waals surface area contributed by atoms with Gasteiger partial charge in [-0.3, -0.25) is 0 Å². The van der Waals surface area contributed by atoms with Crippen LogP contribution in [0.15, 0.2) is 48.5 Å². The highest BCUT2D eigenvalue weighted by atomic mass is 19.1. The van der Waals surface area contributed by atoms with Crippen molar-refractivity contribution in [2.75, 3.05) is 13.2 Å². The van der Waals surface area contributed by atoms with E-state index in [1.54, 1.807) is 0 Å². The Morgan fingerprint density at radius 2 is 1.77 bits per heavy atom. The number of hydrogen-bond donors (Lipinski definition) is 3. The van der Waals surface area contributed by atoms with Gasteiger partial charge in [-0.1, -0.05) is 36.4 Å². The van der Waals surface area contributed by atoms with Crippen molar-refractivity contribution >= 4 is 0 Å². The highest BCUT2D eigenvalue weighted by Gasteiger charge is 2.16. The van der Waals surface area contributed by atoms with Gasteiger partial charge >= 0.3 is 0 Å². The highest BCUT2D eigenvalue weighted by molar-refractivity contribution is 5.22. The summed E-state index contributed by atoms with van der Waals surface area (Å²) in [6.07, 6.45) is -0.617. The van der Waals surface area contributed by atoms with Gasteiger partial charge in [0, 0.05) is 30.8 Å². The van der Waals surface area contributed by atoms with Crippen LogP contribution in [0.3, 0.4) is 0 Å². The molecule has 0 bridgehead atoms. The van der Waals surface area contributed by atoms with Gasteiger partial charge in [-0.25, -0.2) is 8.78 Å². The summed E-state index contributed by atoms with van der Waals surface area (Å²) in [5, 5.41) is 22.3. The van der Waals surface area contributed by atoms with Crippen LogP contribution in [0.5, 0.6) is 0 Å². The Morgan fingerprint density at radius 3 is 2.41 bits per heavy atom. The van der Waals surface area contributed by atoms with Crippen molar-refractivity contribution in [2.45, 2.75) is 18.6 Å². The van der Waals surface area contributed by atoms with E-state index in [9.17, 15) is 13.9 Å². The molecule has 0 spiro atoms. The number of rotatable bonds is 7. The van der Waals surface area contributed by atoms with Crippen LogP contribution in [0.4, 0.5) is 8.78 Å². The number of halogens is 2. The van der Waals surface area contributed by atoms with Crippen LogP contribution in [0, 0.1) is 11.6 Å². The molecule has 22 heavy (non-hydrogen) atoms. The lowest BCUT2D eigenvalue weighted by atomic mass is 10.0. The smallest absolute Gasteiger partial charge is 0.131 e. The lowest BCUT2D eigenvalue weighted by Crippen LogP contribution is -2.27. The van der Waals surface area contributed by atoms with Crippen LogP contribution in [0.2, 0.25) is 0 Å². The zero-order chi connectivity index (χ0) is 15.9. The van der Waals surface area contributed by atoms with E-state index in [1.165, 1.54) is 6.07 Å². The van der Waals surface area contributed by atoms with Gasteiger partial charge in [-0.05, 0) is 18.1 Å². The van der Waals surface area contributed by atoms with Gasteiger partial charge in [0.1, 0.15) is 11.6 Å². The molecule has 2 aromatic rings. The topological polar surface area (TPSA) is 52.5 Å². The van der Waals surface area contributed by atoms with Crippen LogP contribution < -0.4 is 5.32 Å². The quantitative estimate of drug-likeness (QED) is 0.737. The van der Waals surface area contributed by atoms with E-state index in [0.717, 1.165) is 17.7 Å². The molecule has 0 aliphatic carbocycles. The fourth-order valence-electron chi connectivity index (χ4n) is 2.34. The van der Waals surface area contributed by atoms with Crippen LogP contribution in [0.1, 0.15) is 29.7 Å². The van der Waals surface area contributed by atoms with Crippen molar-refractivity contribution in [1.29, 1.82) is 0 Å². The van der Waals surface area contributed by atoms with E-state index in [2.05, 4.69) is 5.32 Å². The first-order valence-corrected chi connectivity index (χ1v) is 7.14. The molecule has 2 aromatic carbocycles. The largest absolute Gasteiger partial charge is 0.396 e. The number of nitrogens with one attached hydrogen (secondary N) is 1. The van der Waals surface area contributed by atoms with Crippen LogP contribution >= 0.6 is 0 Å². The Labute approximate surface area is 128 Å². The summed E-state index contributed by atoms with van der Waals surface area (Å²) in [5.74, 6) is -1.45. The normalized spacial score (nSPS) is 13.8. The molecule has 2 unspecified atom stereocenters. The zero-order valence-corrected chi connectivity index (χ0v) is 12.0. The average Bonchev–Trinajstić information content (AvgIpc) is 2.52. The molecule has 0 amide bonds. The molecule has 2 rings (SSSR count). The lowest BCUT2D eigenvalue weighted by molar-refractivity contribution is 0.161. The molecule has 0 fully saturated rings. The van der Waals surface area contributed by atoms with Gasteiger partial charge in [0.05, 0.1) is 6.10 Å². The molecule has 3 nitrogen and oxygen atoms in total. The summed E-state index contributed by atoms with van der Waals surface area (Å²) in [7, 11) is 0. The Bertz CT molecular complexity index is 592. The van der Waals surface area contributed by atoms with Crippen LogP contribution in [-0.4, -0.2) is 23.4 Å². The molecule has 0 saturated carbocycles. The Morgan fingerprint density at radius 1 is 1.05 bits per heavy atom. The number of benzene rings is 2. The fraction of sp³-hybridized carbons (Fsp3) is 0.294. The van der Waals surface area contributed by atoms with Gasteiger partial charge in [0.25, 0.3) is 0 Å². The van der Waals surface area contributed by atoms with E-state index in [4.69, 9.17) is 5.11 Å². The second kappa shape index (κ2) is 7.98. The second-order valence-corrected chi connectivity index (χ2v) is 5.07. The van der Waals surface area contributed by atoms with Gasteiger partial charge in [-0.2, -0.15) is 0 Å². The summed E-state index contributed by atoms with van der Waals surface area (Å²) < 4.78 is 26.5. The second-order valence-electron chi connectivity index (χ2n) is 5.07. The molecule has 0 aliphatic heterocycles. The molecule has 5 heteroatoms. The lowest BCUT2D eigenvalue weighted by Gasteiger charge is -2.21. The van der Waals surface area contributed by atoms with Gasteiger partial charge in [-0.15, -0.1) is 0 Å². The molecule has 0 saturated heterocycles. The minimum absolute atomic E-state index is 0.00638. The van der Waals surface area contributed by atoms with E-state index in [-0.39, 0.29) is 24.8 Å². The zero-order valence-electron chi connectivity index (χ0n) is 12.0. The van der Waals surface area contributed by atoms with Crippen molar-refractivity contribution in [3.63, 3.8) is 0 Å². The summed E-state index contributed by atoms with van der Waals surface area (Å²) >= 11 is 0. The first-order valence-electron chi connectivity index (χ1n) is 7.14. The Kier molecular flexibility index (Phi) is 6.00. The number of hydrogen-bond acceptors (Lipinski definition) is 3. The summed E-state index contributed by atoms with van der Waals surface area (Å²) in [6, 6.07) is 12.4. The highest BCUT2D eigenvalue weighted by Crippen LogP contribution is 2.20. The van der Waals surface area contributed by atoms with E-state index in [1.807, 2.05) is 30.3 Å². The molecule has 2 atom stereocenters. The SMILES string of the molecule is OCCC(NCC(O)c1ccc(F)cc1F)c1ccccc1. The first-order chi connectivity index (χ1) is 10.6. The van der Waals surface area contributed by atoms with E-state index >= 15 is 0 Å². The minimum Gasteiger partial charge on any atom is -0.396 e. The third-order valence-corrected chi connectivity index (χ3v) is 3.50. The first kappa shape index (κ1) is 16.5. The summed E-state index contributed by atoms with van der Waals surface area (Å²) in [4.78, 5) is 0. The van der Waals surface area contributed by atoms with Crippen LogP contribution in [-0.2, 0) is 0 Å². The van der Waals surface area contributed by atoms with Crippen molar-refractivity contribution < 1.29 is 19.0 Å². The van der Waals surface area contributed by atoms with Gasteiger partial charge in [0.15, 0.2) is 0 Å². The minimum atomic E-state index is -1.09. The van der Waals surface area contributed by atoms with Crippen molar-refractivity contribution in [3.8, 4) is 0 Å². The Hall–Kier alpha value is -1.82. The predicted octanol–water partition coefficient (Wildman–Crippen LogP) is 2.71. The van der Waals surface area contributed by atoms with Gasteiger partial charge < -0.3 is 15.5 Å². The summed E-state index contributed by atoms with van der Waals surface area (Å²) in [6.45, 7) is 0.0929. The molecule has 3 N–H and O–H groups in total. The standard InChI is InChI=1S/C17H19F2NO2/c18-13-6-7-14(15(19)10-13)17(22)11-20-16(8-9-21)12-4-2-1-3-5-12/h1-7,10,16-17,20-22H,8-9,11H2. The molecule has 0 heterocycles. The van der Waals surface area contributed by atoms with Gasteiger partial charge in [0.2, 0.25) is 0 Å². The molecule has 0 radical (unpaired) electrons. The molecular weight excluding hydrogens is 288 g/mol. The maximum Gasteiger partial charge on any atom is 0.131 e.